The van der Waals surface area contributed by atoms with E-state index in [9.17, 15) is 24.3 Å². The number of hydrogen-bond acceptors (Lipinski definition) is 10. The van der Waals surface area contributed by atoms with Crippen molar-refractivity contribution in [2.24, 2.45) is 0 Å². The van der Waals surface area contributed by atoms with Crippen LogP contribution in [0.4, 0.5) is 5.69 Å². The topological polar surface area (TPSA) is 162 Å². The average Bonchev–Trinajstić information content (AvgIpc) is 3.26. The maximum atomic E-state index is 12.9. The highest BCUT2D eigenvalue weighted by atomic mass is 32.2. The van der Waals surface area contributed by atoms with Gasteiger partial charge in [-0.3, -0.25) is 19.3 Å². The molecule has 0 bridgehead atoms. The number of benzene rings is 1. The molecule has 2 aromatic rings. The van der Waals surface area contributed by atoms with Crippen LogP contribution in [-0.2, 0) is 25.6 Å². The van der Waals surface area contributed by atoms with Crippen molar-refractivity contribution in [1.82, 2.24) is 20.4 Å². The molecule has 184 valence electrons. The molecule has 1 fully saturated rings. The lowest BCUT2D eigenvalue weighted by Gasteiger charge is -2.49. The highest BCUT2D eigenvalue weighted by molar-refractivity contribution is 8.01. The van der Waals surface area contributed by atoms with Crippen LogP contribution in [0.2, 0.25) is 0 Å². The van der Waals surface area contributed by atoms with Gasteiger partial charge in [0.15, 0.2) is 4.34 Å². The van der Waals surface area contributed by atoms with Gasteiger partial charge in [0.1, 0.15) is 28.7 Å². The first kappa shape index (κ1) is 25.2. The van der Waals surface area contributed by atoms with Gasteiger partial charge in [0.2, 0.25) is 11.8 Å². The number of amides is 3. The Morgan fingerprint density at radius 3 is 2.69 bits per heavy atom. The second-order valence-corrected chi connectivity index (χ2v) is 11.1. The minimum absolute atomic E-state index is 0.0463. The second kappa shape index (κ2) is 10.8. The first-order chi connectivity index (χ1) is 16.8. The number of rotatable bonds is 9. The van der Waals surface area contributed by atoms with Crippen LogP contribution in [0.25, 0.3) is 0 Å². The number of carbonyl (C=O) groups excluding carboxylic acids is 3. The van der Waals surface area contributed by atoms with Gasteiger partial charge in [-0.25, -0.2) is 4.79 Å². The fourth-order valence-electron chi connectivity index (χ4n) is 3.66. The molecule has 0 spiro atoms. The molecule has 35 heavy (non-hydrogen) atoms. The summed E-state index contributed by atoms with van der Waals surface area (Å²) in [5.74, 6) is -1.95. The third-order valence-corrected chi connectivity index (χ3v) is 8.63. The van der Waals surface area contributed by atoms with Gasteiger partial charge < -0.3 is 20.8 Å². The maximum Gasteiger partial charge on any atom is 0.352 e. The standard InChI is InChI=1S/C21H21N5O6S3/c1-10-24-25-21(35-10)34-9-12-8-33-19-16(18(30)26(19)17(12)20(31)32)23-14(28)6-11-4-2-3-5-13(11)22-15(29)7-27/h2-5,16,19,27H,6-9H2,1H3,(H,22,29)(H,23,28)(H,31,32)/t16?,19-/m1/s1. The molecule has 4 rings (SSSR count). The Kier molecular flexibility index (Phi) is 7.74. The Labute approximate surface area is 212 Å². The zero-order chi connectivity index (χ0) is 25.1. The number of nitrogens with zero attached hydrogens (tertiary/aromatic N) is 3. The van der Waals surface area contributed by atoms with Gasteiger partial charge in [-0.05, 0) is 24.1 Å². The van der Waals surface area contributed by atoms with Crippen LogP contribution in [0.3, 0.4) is 0 Å². The lowest BCUT2D eigenvalue weighted by Crippen LogP contribution is -2.70. The summed E-state index contributed by atoms with van der Waals surface area (Å²) in [6.07, 6.45) is -0.103. The molecule has 2 aliphatic heterocycles. The van der Waals surface area contributed by atoms with Gasteiger partial charge in [-0.15, -0.1) is 22.0 Å². The van der Waals surface area contributed by atoms with Crippen LogP contribution < -0.4 is 10.6 Å². The number of aliphatic carboxylic acids is 1. The molecule has 0 aliphatic carbocycles. The van der Waals surface area contributed by atoms with E-state index in [0.717, 1.165) is 9.35 Å². The number of carboxylic acid groups (broad SMARTS) is 1. The minimum Gasteiger partial charge on any atom is -0.477 e. The van der Waals surface area contributed by atoms with Crippen LogP contribution in [0.5, 0.6) is 0 Å². The smallest absolute Gasteiger partial charge is 0.352 e. The summed E-state index contributed by atoms with van der Waals surface area (Å²) in [4.78, 5) is 50.3. The fraction of sp³-hybridized carbons (Fsp3) is 0.333. The number of thioether (sulfide) groups is 2. The number of nitrogens with one attached hydrogen (secondary N) is 2. The van der Waals surface area contributed by atoms with E-state index in [1.165, 1.54) is 39.8 Å². The van der Waals surface area contributed by atoms with E-state index in [2.05, 4.69) is 20.8 Å². The maximum absolute atomic E-state index is 12.9. The van der Waals surface area contributed by atoms with E-state index in [1.54, 1.807) is 24.3 Å². The van der Waals surface area contributed by atoms with Crippen LogP contribution in [0.1, 0.15) is 10.6 Å². The molecule has 4 N–H and O–H groups in total. The summed E-state index contributed by atoms with van der Waals surface area (Å²) in [6, 6.07) is 5.81. The molecule has 3 heterocycles. The van der Waals surface area contributed by atoms with Gasteiger partial charge in [-0.2, -0.15) is 0 Å². The number of aliphatic hydroxyl groups excluding tert-OH is 1. The Morgan fingerprint density at radius 2 is 2.00 bits per heavy atom. The van der Waals surface area contributed by atoms with E-state index in [0.29, 0.717) is 28.3 Å². The summed E-state index contributed by atoms with van der Waals surface area (Å²) >= 11 is 4.19. The molecule has 14 heteroatoms. The van der Waals surface area contributed by atoms with Crippen LogP contribution in [0.15, 0.2) is 39.9 Å². The Hall–Kier alpha value is -2.94. The molecule has 1 saturated heterocycles. The average molecular weight is 536 g/mol. The molecule has 11 nitrogen and oxygen atoms in total. The van der Waals surface area contributed by atoms with Crippen molar-refractivity contribution in [2.75, 3.05) is 23.4 Å². The van der Waals surface area contributed by atoms with E-state index < -0.39 is 41.7 Å². The monoisotopic (exact) mass is 535 g/mol. The molecule has 1 aromatic heterocycles. The van der Waals surface area contributed by atoms with Gasteiger partial charge in [-0.1, -0.05) is 41.3 Å². The number of carbonyl (C=O) groups is 4. The molecule has 0 saturated carbocycles. The van der Waals surface area contributed by atoms with Crippen molar-refractivity contribution in [2.45, 2.75) is 29.1 Å². The van der Waals surface area contributed by atoms with Gasteiger partial charge in [0.05, 0.1) is 6.42 Å². The summed E-state index contributed by atoms with van der Waals surface area (Å²) in [7, 11) is 0. The third kappa shape index (κ3) is 5.50. The Bertz CT molecular complexity index is 1220. The van der Waals surface area contributed by atoms with E-state index in [1.807, 2.05) is 6.92 Å². The predicted octanol–water partition coefficient (Wildman–Crippen LogP) is 0.851. The summed E-state index contributed by atoms with van der Waals surface area (Å²) in [5, 5.41) is 32.2. The summed E-state index contributed by atoms with van der Waals surface area (Å²) in [5.41, 5.74) is 1.47. The van der Waals surface area contributed by atoms with Gasteiger partial charge in [0, 0.05) is 17.2 Å². The third-order valence-electron chi connectivity index (χ3n) is 5.23. The van der Waals surface area contributed by atoms with E-state index in [4.69, 9.17) is 5.11 Å². The minimum atomic E-state index is -1.19. The zero-order valence-corrected chi connectivity index (χ0v) is 20.8. The molecule has 2 atom stereocenters. The van der Waals surface area contributed by atoms with Crippen LogP contribution in [0, 0.1) is 6.92 Å². The zero-order valence-electron chi connectivity index (χ0n) is 18.4. The Balaban J connectivity index is 1.42. The van der Waals surface area contributed by atoms with Crippen molar-refractivity contribution < 1.29 is 29.4 Å². The number of aliphatic hydroxyl groups is 1. The molecular formula is C21H21N5O6S3. The Morgan fingerprint density at radius 1 is 1.23 bits per heavy atom. The van der Waals surface area contributed by atoms with Crippen molar-refractivity contribution in [1.29, 1.82) is 0 Å². The largest absolute Gasteiger partial charge is 0.477 e. The number of β-lactam (4-membered cyclic amide) rings is 1. The van der Waals surface area contributed by atoms with Crippen molar-refractivity contribution in [3.05, 3.63) is 46.1 Å². The molecule has 1 unspecified atom stereocenters. The van der Waals surface area contributed by atoms with E-state index in [-0.39, 0.29) is 12.1 Å². The molecule has 3 amide bonds. The van der Waals surface area contributed by atoms with Crippen LogP contribution in [-0.4, -0.2) is 78.5 Å². The molecule has 2 aliphatic rings. The van der Waals surface area contributed by atoms with Gasteiger partial charge >= 0.3 is 5.97 Å². The van der Waals surface area contributed by atoms with Crippen molar-refractivity contribution >= 4 is 64.2 Å². The fourth-order valence-corrected chi connectivity index (χ4v) is 6.96. The number of hydrogen-bond donors (Lipinski definition) is 4. The van der Waals surface area contributed by atoms with Gasteiger partial charge in [0.25, 0.3) is 5.91 Å². The predicted molar refractivity (Wildman–Crippen MR) is 131 cm³/mol. The number of anilines is 1. The first-order valence-corrected chi connectivity index (χ1v) is 13.2. The molecule has 0 radical (unpaired) electrons. The normalized spacial score (nSPS) is 19.1. The highest BCUT2D eigenvalue weighted by Crippen LogP contribution is 2.41. The highest BCUT2D eigenvalue weighted by Gasteiger charge is 2.54. The van der Waals surface area contributed by atoms with Crippen molar-refractivity contribution in [3.63, 3.8) is 0 Å². The van der Waals surface area contributed by atoms with E-state index >= 15 is 0 Å². The van der Waals surface area contributed by atoms with Crippen LogP contribution >= 0.6 is 34.9 Å². The number of para-hydroxylation sites is 1. The van der Waals surface area contributed by atoms with Crippen molar-refractivity contribution in [3.8, 4) is 0 Å². The number of fused-ring (bicyclic) bond motifs is 1. The number of aromatic nitrogens is 2. The lowest BCUT2D eigenvalue weighted by molar-refractivity contribution is -0.150. The first-order valence-electron chi connectivity index (χ1n) is 10.4. The summed E-state index contributed by atoms with van der Waals surface area (Å²) in [6.45, 7) is 1.15. The quantitative estimate of drug-likeness (QED) is 0.268. The second-order valence-electron chi connectivity index (χ2n) is 7.63. The number of carboxylic acids is 1. The SMILES string of the molecule is Cc1nnc(SCC2=C(C(=O)O)N3C(=O)C(NC(=O)Cc4ccccc4NC(=O)CO)[C@H]3SC2)s1. The summed E-state index contributed by atoms with van der Waals surface area (Å²) < 4.78 is 0.724. The lowest BCUT2D eigenvalue weighted by atomic mass is 10.0. The number of aryl methyl sites for hydroxylation is 1. The molecular weight excluding hydrogens is 514 g/mol. The molecule has 1 aromatic carbocycles.